The van der Waals surface area contributed by atoms with Crippen molar-refractivity contribution in [2.75, 3.05) is 11.5 Å². The van der Waals surface area contributed by atoms with Gasteiger partial charge >= 0.3 is 0 Å². The SMILES string of the molecule is N/C(=N/O)c1cc(F)ccc1CNC1CCSCC1. The third kappa shape index (κ3) is 3.84. The second-order valence-corrected chi connectivity index (χ2v) is 5.78. The van der Waals surface area contributed by atoms with Gasteiger partial charge in [0.25, 0.3) is 0 Å². The van der Waals surface area contributed by atoms with Gasteiger partial charge in [-0.1, -0.05) is 11.2 Å². The van der Waals surface area contributed by atoms with Gasteiger partial charge in [-0.05, 0) is 42.0 Å². The fourth-order valence-electron chi connectivity index (χ4n) is 2.15. The van der Waals surface area contributed by atoms with Crippen molar-refractivity contribution >= 4 is 17.6 Å². The Morgan fingerprint density at radius 3 is 2.89 bits per heavy atom. The van der Waals surface area contributed by atoms with E-state index in [4.69, 9.17) is 10.9 Å². The molecule has 2 rings (SSSR count). The Labute approximate surface area is 116 Å². The molecule has 0 amide bonds. The maximum atomic E-state index is 13.2. The van der Waals surface area contributed by atoms with Crippen LogP contribution < -0.4 is 11.1 Å². The second-order valence-electron chi connectivity index (χ2n) is 4.55. The summed E-state index contributed by atoms with van der Waals surface area (Å²) in [5, 5.41) is 15.1. The van der Waals surface area contributed by atoms with Crippen LogP contribution in [-0.4, -0.2) is 28.6 Å². The molecule has 0 spiro atoms. The molecular formula is C13H18FN3OS. The molecule has 0 unspecified atom stereocenters. The number of thioether (sulfide) groups is 1. The third-order valence-corrected chi connectivity index (χ3v) is 4.31. The summed E-state index contributed by atoms with van der Waals surface area (Å²) in [6.45, 7) is 0.598. The molecule has 0 radical (unpaired) electrons. The highest BCUT2D eigenvalue weighted by molar-refractivity contribution is 7.99. The number of rotatable bonds is 4. The molecule has 0 bridgehead atoms. The normalized spacial score (nSPS) is 17.6. The van der Waals surface area contributed by atoms with Crippen molar-refractivity contribution in [3.63, 3.8) is 0 Å². The minimum Gasteiger partial charge on any atom is -0.409 e. The highest BCUT2D eigenvalue weighted by Crippen LogP contribution is 2.18. The summed E-state index contributed by atoms with van der Waals surface area (Å²) >= 11 is 1.97. The summed E-state index contributed by atoms with van der Waals surface area (Å²) in [5.74, 6) is 1.90. The first-order valence-corrected chi connectivity index (χ1v) is 7.43. The van der Waals surface area contributed by atoms with E-state index in [0.29, 0.717) is 18.2 Å². The summed E-state index contributed by atoms with van der Waals surface area (Å²) in [7, 11) is 0. The van der Waals surface area contributed by atoms with Crippen LogP contribution >= 0.6 is 11.8 Å². The van der Waals surface area contributed by atoms with E-state index in [0.717, 1.165) is 18.4 Å². The van der Waals surface area contributed by atoms with Crippen molar-refractivity contribution in [2.45, 2.75) is 25.4 Å². The molecule has 1 aromatic rings. The Balaban J connectivity index is 2.06. The van der Waals surface area contributed by atoms with Gasteiger partial charge in [-0.25, -0.2) is 4.39 Å². The molecule has 104 valence electrons. The first kappa shape index (κ1) is 14.1. The Kier molecular flexibility index (Phi) is 5.04. The van der Waals surface area contributed by atoms with Gasteiger partial charge in [0.15, 0.2) is 5.84 Å². The van der Waals surface area contributed by atoms with Crippen LogP contribution in [0.2, 0.25) is 0 Å². The Morgan fingerprint density at radius 2 is 2.21 bits per heavy atom. The van der Waals surface area contributed by atoms with Crippen LogP contribution in [0, 0.1) is 5.82 Å². The monoisotopic (exact) mass is 283 g/mol. The highest BCUT2D eigenvalue weighted by atomic mass is 32.2. The first-order valence-electron chi connectivity index (χ1n) is 6.28. The van der Waals surface area contributed by atoms with Crippen molar-refractivity contribution in [1.29, 1.82) is 0 Å². The maximum Gasteiger partial charge on any atom is 0.170 e. The van der Waals surface area contributed by atoms with Crippen molar-refractivity contribution in [2.24, 2.45) is 10.9 Å². The molecule has 1 fully saturated rings. The zero-order valence-corrected chi connectivity index (χ0v) is 11.4. The van der Waals surface area contributed by atoms with Gasteiger partial charge in [-0.15, -0.1) is 0 Å². The molecule has 6 heteroatoms. The zero-order chi connectivity index (χ0) is 13.7. The van der Waals surface area contributed by atoms with E-state index in [-0.39, 0.29) is 11.7 Å². The topological polar surface area (TPSA) is 70.6 Å². The summed E-state index contributed by atoms with van der Waals surface area (Å²) in [6, 6.07) is 4.85. The van der Waals surface area contributed by atoms with Crippen LogP contribution in [0.1, 0.15) is 24.0 Å². The number of hydrogen-bond donors (Lipinski definition) is 3. The van der Waals surface area contributed by atoms with Gasteiger partial charge in [0.1, 0.15) is 5.82 Å². The number of amidine groups is 1. The van der Waals surface area contributed by atoms with E-state index < -0.39 is 0 Å². The predicted octanol–water partition coefficient (Wildman–Crippen LogP) is 1.91. The van der Waals surface area contributed by atoms with Crippen molar-refractivity contribution in [1.82, 2.24) is 5.32 Å². The number of nitrogens with one attached hydrogen (secondary N) is 1. The summed E-state index contributed by atoms with van der Waals surface area (Å²) < 4.78 is 13.2. The van der Waals surface area contributed by atoms with Crippen LogP contribution in [0.4, 0.5) is 4.39 Å². The van der Waals surface area contributed by atoms with Crippen molar-refractivity contribution in [3.05, 3.63) is 35.1 Å². The highest BCUT2D eigenvalue weighted by Gasteiger charge is 2.14. The van der Waals surface area contributed by atoms with Gasteiger partial charge < -0.3 is 16.3 Å². The van der Waals surface area contributed by atoms with E-state index in [2.05, 4.69) is 10.5 Å². The lowest BCUT2D eigenvalue weighted by atomic mass is 10.1. The molecule has 4 nitrogen and oxygen atoms in total. The lowest BCUT2D eigenvalue weighted by Gasteiger charge is -2.23. The van der Waals surface area contributed by atoms with E-state index in [1.165, 1.54) is 23.6 Å². The second kappa shape index (κ2) is 6.77. The van der Waals surface area contributed by atoms with Crippen LogP contribution in [0.15, 0.2) is 23.4 Å². The maximum absolute atomic E-state index is 13.2. The molecule has 19 heavy (non-hydrogen) atoms. The molecule has 0 atom stereocenters. The van der Waals surface area contributed by atoms with Crippen LogP contribution in [0.25, 0.3) is 0 Å². The number of benzene rings is 1. The Hall–Kier alpha value is -1.27. The summed E-state index contributed by atoms with van der Waals surface area (Å²) in [5.41, 5.74) is 6.86. The number of nitrogens with two attached hydrogens (primary N) is 1. The number of halogens is 1. The van der Waals surface area contributed by atoms with Gasteiger partial charge in [-0.3, -0.25) is 0 Å². The Bertz CT molecular complexity index is 461. The molecule has 1 aromatic carbocycles. The van der Waals surface area contributed by atoms with Crippen LogP contribution in [-0.2, 0) is 6.54 Å². The molecule has 1 aliphatic rings. The first-order chi connectivity index (χ1) is 9.20. The van der Waals surface area contributed by atoms with Gasteiger partial charge in [-0.2, -0.15) is 11.8 Å². The van der Waals surface area contributed by atoms with Crippen LogP contribution in [0.3, 0.4) is 0 Å². The van der Waals surface area contributed by atoms with Gasteiger partial charge in [0.2, 0.25) is 0 Å². The zero-order valence-electron chi connectivity index (χ0n) is 10.6. The third-order valence-electron chi connectivity index (χ3n) is 3.26. The van der Waals surface area contributed by atoms with Gasteiger partial charge in [0, 0.05) is 18.2 Å². The molecule has 4 N–H and O–H groups in total. The average Bonchev–Trinajstić information content (AvgIpc) is 2.46. The lowest BCUT2D eigenvalue weighted by Crippen LogP contribution is -2.32. The fraction of sp³-hybridized carbons (Fsp3) is 0.462. The fourth-order valence-corrected chi connectivity index (χ4v) is 3.26. The number of nitrogens with zero attached hydrogens (tertiary/aromatic N) is 1. The van der Waals surface area contributed by atoms with Gasteiger partial charge in [0.05, 0.1) is 0 Å². The minimum absolute atomic E-state index is 0.0597. The lowest BCUT2D eigenvalue weighted by molar-refractivity contribution is 0.318. The Morgan fingerprint density at radius 1 is 1.47 bits per heavy atom. The molecule has 0 saturated carbocycles. The van der Waals surface area contributed by atoms with Crippen LogP contribution in [0.5, 0.6) is 0 Å². The number of hydrogen-bond acceptors (Lipinski definition) is 4. The van der Waals surface area contributed by atoms with E-state index in [1.54, 1.807) is 6.07 Å². The largest absolute Gasteiger partial charge is 0.409 e. The molecule has 0 aliphatic carbocycles. The predicted molar refractivity (Wildman–Crippen MR) is 76.1 cm³/mol. The standard InChI is InChI=1S/C13H18FN3OS/c14-10-2-1-9(12(7-10)13(15)17-18)8-16-11-3-5-19-6-4-11/h1-2,7,11,16,18H,3-6,8H2,(H2,15,17). The van der Waals surface area contributed by atoms with Crippen molar-refractivity contribution in [3.8, 4) is 0 Å². The average molecular weight is 283 g/mol. The smallest absolute Gasteiger partial charge is 0.170 e. The van der Waals surface area contributed by atoms with E-state index >= 15 is 0 Å². The minimum atomic E-state index is -0.389. The number of oxime groups is 1. The molecule has 1 heterocycles. The molecular weight excluding hydrogens is 265 g/mol. The molecule has 1 saturated heterocycles. The summed E-state index contributed by atoms with van der Waals surface area (Å²) in [4.78, 5) is 0. The molecule has 0 aromatic heterocycles. The van der Waals surface area contributed by atoms with E-state index in [9.17, 15) is 4.39 Å². The molecule has 1 aliphatic heterocycles. The van der Waals surface area contributed by atoms with Crippen molar-refractivity contribution < 1.29 is 9.60 Å². The van der Waals surface area contributed by atoms with E-state index in [1.807, 2.05) is 11.8 Å². The summed E-state index contributed by atoms with van der Waals surface area (Å²) in [6.07, 6.45) is 2.29. The quantitative estimate of drug-likeness (QED) is 0.342.